The summed E-state index contributed by atoms with van der Waals surface area (Å²) < 4.78 is 5.64. The summed E-state index contributed by atoms with van der Waals surface area (Å²) in [4.78, 5) is 6.38. The van der Waals surface area contributed by atoms with Gasteiger partial charge in [-0.05, 0) is 25.1 Å². The van der Waals surface area contributed by atoms with Gasteiger partial charge < -0.3 is 15.0 Å². The summed E-state index contributed by atoms with van der Waals surface area (Å²) in [7, 11) is 3.98. The molecule has 4 heteroatoms. The molecule has 0 aliphatic carbocycles. The fourth-order valence-corrected chi connectivity index (χ4v) is 2.03. The normalized spacial score (nSPS) is 10.2. The van der Waals surface area contributed by atoms with E-state index in [9.17, 15) is 0 Å². The lowest BCUT2D eigenvalue weighted by Gasteiger charge is -2.17. The number of anilines is 2. The first kappa shape index (κ1) is 14.2. The molecular formula is C16H21N3O. The molecule has 0 spiro atoms. The maximum absolute atomic E-state index is 5.64. The molecule has 0 saturated heterocycles. The van der Waals surface area contributed by atoms with Gasteiger partial charge in [0.05, 0.1) is 12.3 Å². The first-order valence-corrected chi connectivity index (χ1v) is 6.79. The van der Waals surface area contributed by atoms with Crippen molar-refractivity contribution in [1.29, 1.82) is 0 Å². The molecule has 0 aliphatic rings. The van der Waals surface area contributed by atoms with E-state index in [4.69, 9.17) is 4.74 Å². The van der Waals surface area contributed by atoms with E-state index in [1.54, 1.807) is 6.20 Å². The number of benzene rings is 1. The number of rotatable bonds is 6. The van der Waals surface area contributed by atoms with E-state index in [1.807, 2.05) is 56.3 Å². The van der Waals surface area contributed by atoms with Gasteiger partial charge in [0.25, 0.3) is 0 Å². The molecule has 4 nitrogen and oxygen atoms in total. The number of nitrogens with one attached hydrogen (secondary N) is 1. The number of hydrogen-bond donors (Lipinski definition) is 1. The van der Waals surface area contributed by atoms with Crippen molar-refractivity contribution in [3.8, 4) is 5.75 Å². The first-order chi connectivity index (χ1) is 9.72. The van der Waals surface area contributed by atoms with Gasteiger partial charge in [-0.1, -0.05) is 18.2 Å². The molecule has 1 aromatic heterocycles. The first-order valence-electron chi connectivity index (χ1n) is 6.79. The quantitative estimate of drug-likeness (QED) is 0.875. The molecule has 1 aromatic carbocycles. The Kier molecular flexibility index (Phi) is 4.82. The van der Waals surface area contributed by atoms with Crippen molar-refractivity contribution in [2.24, 2.45) is 0 Å². The van der Waals surface area contributed by atoms with Gasteiger partial charge in [-0.3, -0.25) is 0 Å². The Labute approximate surface area is 120 Å². The average molecular weight is 271 g/mol. The molecule has 0 fully saturated rings. The molecule has 0 bridgehead atoms. The van der Waals surface area contributed by atoms with Crippen LogP contribution in [0.5, 0.6) is 5.75 Å². The van der Waals surface area contributed by atoms with E-state index in [1.165, 1.54) is 0 Å². The molecule has 2 rings (SSSR count). The third-order valence-electron chi connectivity index (χ3n) is 2.95. The molecule has 1 N–H and O–H groups in total. The van der Waals surface area contributed by atoms with Crippen molar-refractivity contribution in [1.82, 2.24) is 4.98 Å². The van der Waals surface area contributed by atoms with Gasteiger partial charge in [0.2, 0.25) is 0 Å². The third-order valence-corrected chi connectivity index (χ3v) is 2.95. The molecule has 2 aromatic rings. The minimum atomic E-state index is 0.673. The Bertz CT molecular complexity index is 555. The van der Waals surface area contributed by atoms with Gasteiger partial charge in [0, 0.05) is 32.4 Å². The highest BCUT2D eigenvalue weighted by molar-refractivity contribution is 5.64. The largest absolute Gasteiger partial charge is 0.494 e. The lowest BCUT2D eigenvalue weighted by molar-refractivity contribution is 0.337. The monoisotopic (exact) mass is 271 g/mol. The molecule has 1 heterocycles. The van der Waals surface area contributed by atoms with E-state index in [0.29, 0.717) is 13.2 Å². The highest BCUT2D eigenvalue weighted by atomic mass is 16.5. The predicted octanol–water partition coefficient (Wildman–Crippen LogP) is 3.16. The second kappa shape index (κ2) is 6.80. The molecule has 0 atom stereocenters. The third kappa shape index (κ3) is 3.41. The van der Waals surface area contributed by atoms with E-state index in [0.717, 1.165) is 22.8 Å². The molecule has 0 unspecified atom stereocenters. The van der Waals surface area contributed by atoms with E-state index < -0.39 is 0 Å². The second-order valence-corrected chi connectivity index (χ2v) is 4.66. The van der Waals surface area contributed by atoms with Crippen LogP contribution in [0.4, 0.5) is 11.5 Å². The number of nitrogens with zero attached hydrogens (tertiary/aromatic N) is 2. The molecule has 0 saturated carbocycles. The average Bonchev–Trinajstić information content (AvgIpc) is 2.47. The summed E-state index contributed by atoms with van der Waals surface area (Å²) in [5.74, 6) is 1.86. The summed E-state index contributed by atoms with van der Waals surface area (Å²) in [6, 6.07) is 12.1. The molecule has 0 aliphatic heterocycles. The summed E-state index contributed by atoms with van der Waals surface area (Å²) in [5, 5.41) is 3.43. The number of pyridine rings is 1. The zero-order chi connectivity index (χ0) is 14.4. The van der Waals surface area contributed by atoms with Crippen LogP contribution in [-0.2, 0) is 6.54 Å². The van der Waals surface area contributed by atoms with Crippen molar-refractivity contribution < 1.29 is 4.74 Å². The molecule has 0 amide bonds. The van der Waals surface area contributed by atoms with Crippen molar-refractivity contribution >= 4 is 11.5 Å². The van der Waals surface area contributed by atoms with E-state index in [-0.39, 0.29) is 0 Å². The van der Waals surface area contributed by atoms with Crippen molar-refractivity contribution in [2.75, 3.05) is 30.9 Å². The summed E-state index contributed by atoms with van der Waals surface area (Å²) >= 11 is 0. The molecule has 0 radical (unpaired) electrons. The molecular weight excluding hydrogens is 250 g/mol. The maximum atomic E-state index is 5.64. The van der Waals surface area contributed by atoms with Crippen molar-refractivity contribution in [3.05, 3.63) is 48.2 Å². The fraction of sp³-hybridized carbons (Fsp3) is 0.312. The molecule has 106 valence electrons. The fourth-order valence-electron chi connectivity index (χ4n) is 2.03. The smallest absolute Gasteiger partial charge is 0.151 e. The minimum Gasteiger partial charge on any atom is -0.494 e. The lowest BCUT2D eigenvalue weighted by Crippen LogP contribution is -2.14. The van der Waals surface area contributed by atoms with E-state index in [2.05, 4.69) is 16.4 Å². The van der Waals surface area contributed by atoms with Crippen LogP contribution in [0.3, 0.4) is 0 Å². The Morgan fingerprint density at radius 3 is 2.70 bits per heavy atom. The van der Waals surface area contributed by atoms with Gasteiger partial charge in [0.1, 0.15) is 5.75 Å². The topological polar surface area (TPSA) is 37.4 Å². The summed E-state index contributed by atoms with van der Waals surface area (Å²) in [6.45, 7) is 3.38. The van der Waals surface area contributed by atoms with Crippen molar-refractivity contribution in [2.45, 2.75) is 13.5 Å². The second-order valence-electron chi connectivity index (χ2n) is 4.66. The van der Waals surface area contributed by atoms with Crippen LogP contribution in [0.2, 0.25) is 0 Å². The van der Waals surface area contributed by atoms with Gasteiger partial charge in [-0.15, -0.1) is 0 Å². The summed E-state index contributed by atoms with van der Waals surface area (Å²) in [6.07, 6.45) is 1.80. The van der Waals surface area contributed by atoms with Crippen LogP contribution >= 0.6 is 0 Å². The Balaban J connectivity index is 2.13. The van der Waals surface area contributed by atoms with Gasteiger partial charge in [-0.25, -0.2) is 4.98 Å². The highest BCUT2D eigenvalue weighted by Crippen LogP contribution is 2.23. The minimum absolute atomic E-state index is 0.673. The van der Waals surface area contributed by atoms with Gasteiger partial charge in [-0.2, -0.15) is 0 Å². The number of para-hydroxylation sites is 1. The number of aromatic nitrogens is 1. The predicted molar refractivity (Wildman–Crippen MR) is 83.5 cm³/mol. The molecule has 20 heavy (non-hydrogen) atoms. The van der Waals surface area contributed by atoms with Crippen LogP contribution in [0, 0.1) is 0 Å². The van der Waals surface area contributed by atoms with E-state index >= 15 is 0 Å². The highest BCUT2D eigenvalue weighted by Gasteiger charge is 2.06. The number of hydrogen-bond acceptors (Lipinski definition) is 4. The standard InChI is InChI=1S/C16H21N3O/c1-4-20-15-10-6-5-8-13(15)12-18-14-9-7-11-17-16(14)19(2)3/h5-11,18H,4,12H2,1-3H3. The Hall–Kier alpha value is -2.23. The van der Waals surface area contributed by atoms with Crippen LogP contribution in [-0.4, -0.2) is 25.7 Å². The SMILES string of the molecule is CCOc1ccccc1CNc1cccnc1N(C)C. The maximum Gasteiger partial charge on any atom is 0.151 e. The van der Waals surface area contributed by atoms with Crippen LogP contribution in [0.25, 0.3) is 0 Å². The number of ether oxygens (including phenoxy) is 1. The van der Waals surface area contributed by atoms with Crippen LogP contribution < -0.4 is 15.0 Å². The Morgan fingerprint density at radius 1 is 1.15 bits per heavy atom. The lowest BCUT2D eigenvalue weighted by atomic mass is 10.2. The van der Waals surface area contributed by atoms with Gasteiger partial charge in [0.15, 0.2) is 5.82 Å². The Morgan fingerprint density at radius 2 is 1.95 bits per heavy atom. The van der Waals surface area contributed by atoms with Gasteiger partial charge >= 0.3 is 0 Å². The van der Waals surface area contributed by atoms with Crippen LogP contribution in [0.15, 0.2) is 42.6 Å². The zero-order valence-corrected chi connectivity index (χ0v) is 12.3. The summed E-state index contributed by atoms with van der Waals surface area (Å²) in [5.41, 5.74) is 2.16. The van der Waals surface area contributed by atoms with Crippen molar-refractivity contribution in [3.63, 3.8) is 0 Å². The van der Waals surface area contributed by atoms with Crippen LogP contribution in [0.1, 0.15) is 12.5 Å². The zero-order valence-electron chi connectivity index (χ0n) is 12.3.